The van der Waals surface area contributed by atoms with Crippen LogP contribution in [0.1, 0.15) is 24.6 Å². The molecule has 4 N–H and O–H groups in total. The van der Waals surface area contributed by atoms with Gasteiger partial charge in [-0.25, -0.2) is 25.7 Å². The van der Waals surface area contributed by atoms with Crippen LogP contribution in [0.3, 0.4) is 0 Å². The van der Waals surface area contributed by atoms with Crippen LogP contribution in [0.25, 0.3) is 0 Å². The molecular weight excluding hydrogens is 266 g/mol. The number of nitrogens with two attached hydrogens (primary N) is 1. The summed E-state index contributed by atoms with van der Waals surface area (Å²) in [6, 6.07) is 2.09. The summed E-state index contributed by atoms with van der Waals surface area (Å²) in [7, 11) is 0. The molecule has 1 saturated carbocycles. The first-order valence-corrected chi connectivity index (χ1v) is 6.66. The highest BCUT2D eigenvalue weighted by molar-refractivity contribution is 7.99. The maximum atomic E-state index is 11.7. The summed E-state index contributed by atoms with van der Waals surface area (Å²) >= 11 is 1.32. The van der Waals surface area contributed by atoms with E-state index in [0.29, 0.717) is 16.1 Å². The summed E-state index contributed by atoms with van der Waals surface area (Å²) in [5.41, 5.74) is 3.04. The molecule has 19 heavy (non-hydrogen) atoms. The molecule has 2 aromatic heterocycles. The van der Waals surface area contributed by atoms with E-state index in [2.05, 4.69) is 25.6 Å². The second-order valence-electron chi connectivity index (χ2n) is 4.33. The van der Waals surface area contributed by atoms with Crippen molar-refractivity contribution < 1.29 is 0 Å². The summed E-state index contributed by atoms with van der Waals surface area (Å²) in [6.07, 6.45) is 2.04. The number of hydrogen-bond acceptors (Lipinski definition) is 7. The van der Waals surface area contributed by atoms with Gasteiger partial charge in [0.05, 0.1) is 0 Å². The second-order valence-corrected chi connectivity index (χ2v) is 5.32. The van der Waals surface area contributed by atoms with Crippen molar-refractivity contribution in [2.24, 2.45) is 5.84 Å². The number of aryl methyl sites for hydroxylation is 1. The van der Waals surface area contributed by atoms with Gasteiger partial charge in [-0.1, -0.05) is 0 Å². The number of anilines is 1. The normalized spacial score (nSPS) is 14.6. The van der Waals surface area contributed by atoms with E-state index < -0.39 is 0 Å². The number of aromatic nitrogens is 5. The molecule has 2 heterocycles. The first-order valence-electron chi connectivity index (χ1n) is 5.84. The summed E-state index contributed by atoms with van der Waals surface area (Å²) in [5.74, 6) is 5.66. The van der Waals surface area contributed by atoms with Gasteiger partial charge in [0.1, 0.15) is 5.03 Å². The fourth-order valence-corrected chi connectivity index (χ4v) is 2.74. The van der Waals surface area contributed by atoms with Gasteiger partial charge in [0.2, 0.25) is 5.95 Å². The highest BCUT2D eigenvalue weighted by Crippen LogP contribution is 2.37. The minimum Gasteiger partial charge on any atom is -0.292 e. The average molecular weight is 279 g/mol. The van der Waals surface area contributed by atoms with E-state index in [0.717, 1.165) is 18.5 Å². The molecule has 0 saturated heterocycles. The molecule has 0 radical (unpaired) electrons. The van der Waals surface area contributed by atoms with Crippen LogP contribution in [0.15, 0.2) is 21.0 Å². The third-order valence-corrected chi connectivity index (χ3v) is 3.63. The lowest BCUT2D eigenvalue weighted by atomic mass is 10.5. The predicted molar refractivity (Wildman–Crippen MR) is 69.8 cm³/mol. The fraction of sp³-hybridized carbons (Fsp3) is 0.400. The third-order valence-electron chi connectivity index (χ3n) is 2.74. The summed E-state index contributed by atoms with van der Waals surface area (Å²) < 4.78 is 1.68. The molecular formula is C10H13N7OS. The third kappa shape index (κ3) is 2.47. The van der Waals surface area contributed by atoms with Gasteiger partial charge in [-0.3, -0.25) is 9.99 Å². The minimum absolute atomic E-state index is 0.173. The quantitative estimate of drug-likeness (QED) is 0.422. The highest BCUT2D eigenvalue weighted by atomic mass is 32.2. The zero-order valence-electron chi connectivity index (χ0n) is 10.3. The lowest BCUT2D eigenvalue weighted by molar-refractivity contribution is 0.642. The van der Waals surface area contributed by atoms with Crippen molar-refractivity contribution in [2.45, 2.75) is 36.0 Å². The van der Waals surface area contributed by atoms with E-state index in [1.165, 1.54) is 11.8 Å². The lowest BCUT2D eigenvalue weighted by Crippen LogP contribution is -2.16. The van der Waals surface area contributed by atoms with Crippen LogP contribution in [-0.4, -0.2) is 24.7 Å². The monoisotopic (exact) mass is 279 g/mol. The molecule has 3 rings (SSSR count). The van der Waals surface area contributed by atoms with E-state index in [-0.39, 0.29) is 11.7 Å². The summed E-state index contributed by atoms with van der Waals surface area (Å²) in [5, 5.41) is 7.82. The second kappa shape index (κ2) is 4.67. The van der Waals surface area contributed by atoms with Gasteiger partial charge in [0.25, 0.3) is 0 Å². The van der Waals surface area contributed by atoms with Gasteiger partial charge in [-0.2, -0.15) is 0 Å². The summed E-state index contributed by atoms with van der Waals surface area (Å²) in [6.45, 7) is 1.85. The number of H-pyrrole nitrogens is 1. The first-order chi connectivity index (χ1) is 9.17. The van der Waals surface area contributed by atoms with E-state index in [1.54, 1.807) is 4.57 Å². The number of hydrazine groups is 1. The topological polar surface area (TPSA) is 115 Å². The Hall–Kier alpha value is -1.87. The van der Waals surface area contributed by atoms with E-state index >= 15 is 0 Å². The van der Waals surface area contributed by atoms with Crippen molar-refractivity contribution in [2.75, 3.05) is 5.43 Å². The minimum atomic E-state index is -0.173. The Balaban J connectivity index is 1.93. The number of rotatable bonds is 4. The Morgan fingerprint density at radius 3 is 3.00 bits per heavy atom. The maximum Gasteiger partial charge on any atom is 0.344 e. The largest absolute Gasteiger partial charge is 0.344 e. The molecule has 0 atom stereocenters. The molecule has 0 aromatic carbocycles. The number of nitrogens with one attached hydrogen (secondary N) is 2. The molecule has 100 valence electrons. The average Bonchev–Trinajstić information content (AvgIpc) is 3.14. The van der Waals surface area contributed by atoms with Crippen LogP contribution in [-0.2, 0) is 0 Å². The van der Waals surface area contributed by atoms with Crippen molar-refractivity contribution in [1.82, 2.24) is 24.7 Å². The highest BCUT2D eigenvalue weighted by Gasteiger charge is 2.28. The molecule has 0 spiro atoms. The van der Waals surface area contributed by atoms with Gasteiger partial charge in [0, 0.05) is 11.7 Å². The van der Waals surface area contributed by atoms with Crippen LogP contribution in [0.2, 0.25) is 0 Å². The molecule has 1 fully saturated rings. The smallest absolute Gasteiger partial charge is 0.292 e. The lowest BCUT2D eigenvalue weighted by Gasteiger charge is -2.05. The summed E-state index contributed by atoms with van der Waals surface area (Å²) in [4.78, 5) is 20.0. The molecule has 0 aliphatic heterocycles. The first kappa shape index (κ1) is 12.2. The van der Waals surface area contributed by atoms with E-state index in [4.69, 9.17) is 5.84 Å². The van der Waals surface area contributed by atoms with Crippen molar-refractivity contribution >= 4 is 17.7 Å². The molecule has 1 aliphatic carbocycles. The van der Waals surface area contributed by atoms with Crippen LogP contribution in [0, 0.1) is 6.92 Å². The molecule has 0 bridgehead atoms. The maximum absolute atomic E-state index is 11.7. The van der Waals surface area contributed by atoms with Crippen molar-refractivity contribution in [3.63, 3.8) is 0 Å². The number of nitrogens with zero attached hydrogens (tertiary/aromatic N) is 4. The van der Waals surface area contributed by atoms with Gasteiger partial charge < -0.3 is 0 Å². The van der Waals surface area contributed by atoms with Gasteiger partial charge >= 0.3 is 5.69 Å². The van der Waals surface area contributed by atoms with Crippen LogP contribution >= 0.6 is 11.8 Å². The molecule has 0 amide bonds. The van der Waals surface area contributed by atoms with Gasteiger partial charge in [-0.05, 0) is 37.6 Å². The Labute approximate surface area is 112 Å². The van der Waals surface area contributed by atoms with Gasteiger partial charge in [-0.15, -0.1) is 5.10 Å². The van der Waals surface area contributed by atoms with E-state index in [1.807, 2.05) is 13.0 Å². The SMILES string of the molecule is Cc1cc(Sc2n[nH]c(=O)n2C2CC2)nc(NN)n1. The van der Waals surface area contributed by atoms with Crippen molar-refractivity contribution in [3.8, 4) is 0 Å². The van der Waals surface area contributed by atoms with E-state index in [9.17, 15) is 4.79 Å². The van der Waals surface area contributed by atoms with Crippen LogP contribution in [0.5, 0.6) is 0 Å². The Kier molecular flexibility index (Phi) is 2.99. The molecule has 8 nitrogen and oxygen atoms in total. The Bertz CT molecular complexity index is 660. The van der Waals surface area contributed by atoms with Crippen LogP contribution in [0.4, 0.5) is 5.95 Å². The number of nitrogen functional groups attached to an aromatic ring is 1. The zero-order chi connectivity index (χ0) is 13.4. The number of hydrogen-bond donors (Lipinski definition) is 3. The molecule has 1 aliphatic rings. The van der Waals surface area contributed by atoms with Gasteiger partial charge in [0.15, 0.2) is 5.16 Å². The zero-order valence-corrected chi connectivity index (χ0v) is 11.1. The Morgan fingerprint density at radius 1 is 1.53 bits per heavy atom. The molecule has 9 heteroatoms. The van der Waals surface area contributed by atoms with Crippen molar-refractivity contribution in [3.05, 3.63) is 22.2 Å². The standard InChI is InChI=1S/C10H13N7OS/c1-5-4-7(13-8(12-5)14-11)19-10-16-15-9(18)17(10)6-2-3-6/h4,6H,2-3,11H2,1H3,(H,15,18)(H,12,13,14). The van der Waals surface area contributed by atoms with Crippen molar-refractivity contribution in [1.29, 1.82) is 0 Å². The number of aromatic amines is 1. The molecule has 0 unspecified atom stereocenters. The van der Waals surface area contributed by atoms with Crippen LogP contribution < -0.4 is 17.0 Å². The molecule has 2 aromatic rings. The fourth-order valence-electron chi connectivity index (χ4n) is 1.77. The predicted octanol–water partition coefficient (Wildman–Crippen LogP) is 0.442. The Morgan fingerprint density at radius 2 is 2.32 bits per heavy atom.